The Morgan fingerprint density at radius 1 is 1.23 bits per heavy atom. The van der Waals surface area contributed by atoms with Crippen molar-refractivity contribution in [1.29, 1.82) is 0 Å². The van der Waals surface area contributed by atoms with Gasteiger partial charge in [-0.3, -0.25) is 25.8 Å². The summed E-state index contributed by atoms with van der Waals surface area (Å²) >= 11 is 5.72. The third kappa shape index (κ3) is 3.37. The molecule has 1 aromatic carbocycles. The number of hydrogen-bond acceptors (Lipinski definition) is 8. The van der Waals surface area contributed by atoms with Gasteiger partial charge in [0.05, 0.1) is 4.92 Å². The van der Waals surface area contributed by atoms with Gasteiger partial charge in [0.15, 0.2) is 0 Å². The Hall–Kier alpha value is -2.98. The predicted octanol–water partition coefficient (Wildman–Crippen LogP) is 1.08. The van der Waals surface area contributed by atoms with Crippen LogP contribution in [0.1, 0.15) is 10.4 Å². The van der Waals surface area contributed by atoms with Crippen LogP contribution in [0.25, 0.3) is 0 Å². The number of nitrogens with one attached hydrogen (secondary N) is 3. The van der Waals surface area contributed by atoms with E-state index in [1.165, 1.54) is 12.1 Å². The van der Waals surface area contributed by atoms with E-state index in [-0.39, 0.29) is 11.6 Å². The maximum absolute atomic E-state index is 11.9. The van der Waals surface area contributed by atoms with E-state index < -0.39 is 16.5 Å². The Morgan fingerprint density at radius 3 is 2.45 bits per heavy atom. The summed E-state index contributed by atoms with van der Waals surface area (Å²) in [6, 6.07) is 6.08. The van der Waals surface area contributed by atoms with Crippen molar-refractivity contribution in [1.82, 2.24) is 15.4 Å². The highest BCUT2D eigenvalue weighted by Gasteiger charge is 2.22. The van der Waals surface area contributed by atoms with Crippen LogP contribution in [0.5, 0.6) is 0 Å². The molecule has 0 spiro atoms. The van der Waals surface area contributed by atoms with Crippen molar-refractivity contribution in [2.75, 3.05) is 10.9 Å². The molecule has 114 valence electrons. The number of amides is 1. The van der Waals surface area contributed by atoms with E-state index in [0.29, 0.717) is 10.6 Å². The number of nitro groups is 1. The molecular weight excluding hydrogens is 314 g/mol. The monoisotopic (exact) mass is 323 g/mol. The van der Waals surface area contributed by atoms with Gasteiger partial charge < -0.3 is 5.43 Å². The number of carbonyl (C=O) groups is 1. The zero-order valence-electron chi connectivity index (χ0n) is 10.9. The largest absolute Gasteiger partial charge is 0.356 e. The fourth-order valence-corrected chi connectivity index (χ4v) is 1.66. The summed E-state index contributed by atoms with van der Waals surface area (Å²) in [5.74, 6) is 4.22. The second kappa shape index (κ2) is 6.65. The molecule has 1 aromatic heterocycles. The first kappa shape index (κ1) is 15.4. The Balaban J connectivity index is 2.16. The van der Waals surface area contributed by atoms with Gasteiger partial charge in [0.25, 0.3) is 5.91 Å². The molecule has 0 radical (unpaired) electrons. The molecule has 0 aliphatic heterocycles. The van der Waals surface area contributed by atoms with Crippen molar-refractivity contribution in [2.45, 2.75) is 0 Å². The number of hydrogen-bond donors (Lipinski definition) is 4. The highest BCUT2D eigenvalue weighted by atomic mass is 35.5. The van der Waals surface area contributed by atoms with Crippen LogP contribution in [-0.4, -0.2) is 20.8 Å². The highest BCUT2D eigenvalue weighted by molar-refractivity contribution is 6.30. The van der Waals surface area contributed by atoms with E-state index in [1.807, 2.05) is 0 Å². The van der Waals surface area contributed by atoms with Crippen LogP contribution in [0, 0.1) is 10.1 Å². The number of hydrazine groups is 2. The first-order valence-corrected chi connectivity index (χ1v) is 6.18. The van der Waals surface area contributed by atoms with Crippen molar-refractivity contribution < 1.29 is 9.72 Å². The lowest BCUT2D eigenvalue weighted by atomic mass is 10.2. The van der Waals surface area contributed by atoms with Crippen LogP contribution in [-0.2, 0) is 0 Å². The standard InChI is InChI=1S/C11H10ClN7O3/c12-7-3-1-6(2-4-7)11(20)18-17-10-8(19(21)22)9(16-13)14-5-15-10/h1-5H,13H2,(H,18,20)(H2,14,15,16,17). The van der Waals surface area contributed by atoms with Gasteiger partial charge in [0, 0.05) is 10.6 Å². The molecule has 22 heavy (non-hydrogen) atoms. The van der Waals surface area contributed by atoms with Crippen molar-refractivity contribution in [3.63, 3.8) is 0 Å². The molecule has 1 amide bonds. The predicted molar refractivity (Wildman–Crippen MR) is 79.0 cm³/mol. The minimum atomic E-state index is -0.730. The lowest BCUT2D eigenvalue weighted by Crippen LogP contribution is -2.30. The SMILES string of the molecule is NNc1ncnc(NNC(=O)c2ccc(Cl)cc2)c1[N+](=O)[O-]. The second-order valence-corrected chi connectivity index (χ2v) is 4.34. The summed E-state index contributed by atoms with van der Waals surface area (Å²) in [4.78, 5) is 29.5. The smallest absolute Gasteiger partial charge is 0.303 e. The Kier molecular flexibility index (Phi) is 4.66. The number of rotatable bonds is 5. The minimum Gasteiger partial charge on any atom is -0.303 e. The van der Waals surface area contributed by atoms with Gasteiger partial charge in [-0.15, -0.1) is 0 Å². The number of halogens is 1. The molecule has 2 aromatic rings. The summed E-state index contributed by atoms with van der Waals surface area (Å²) in [6.45, 7) is 0. The number of nitrogens with two attached hydrogens (primary N) is 1. The Bertz CT molecular complexity index is 707. The average molecular weight is 324 g/mol. The van der Waals surface area contributed by atoms with E-state index in [9.17, 15) is 14.9 Å². The molecule has 0 fully saturated rings. The minimum absolute atomic E-state index is 0.191. The van der Waals surface area contributed by atoms with Gasteiger partial charge in [0.1, 0.15) is 6.33 Å². The fourth-order valence-electron chi connectivity index (χ4n) is 1.54. The summed E-state index contributed by atoms with van der Waals surface area (Å²) in [6.07, 6.45) is 1.05. The fraction of sp³-hybridized carbons (Fsp3) is 0. The molecule has 0 saturated heterocycles. The van der Waals surface area contributed by atoms with Crippen LogP contribution < -0.4 is 22.1 Å². The van der Waals surface area contributed by atoms with Crippen LogP contribution in [0.4, 0.5) is 17.3 Å². The van der Waals surface area contributed by atoms with Crippen molar-refractivity contribution in [3.05, 3.63) is 51.3 Å². The zero-order valence-corrected chi connectivity index (χ0v) is 11.7. The maximum atomic E-state index is 11.9. The highest BCUT2D eigenvalue weighted by Crippen LogP contribution is 2.27. The molecule has 5 N–H and O–H groups in total. The second-order valence-electron chi connectivity index (χ2n) is 3.91. The topological polar surface area (TPSA) is 148 Å². The lowest BCUT2D eigenvalue weighted by Gasteiger charge is -2.09. The van der Waals surface area contributed by atoms with Crippen LogP contribution in [0.15, 0.2) is 30.6 Å². The van der Waals surface area contributed by atoms with Gasteiger partial charge in [-0.05, 0) is 24.3 Å². The van der Waals surface area contributed by atoms with E-state index in [2.05, 4.69) is 26.2 Å². The first-order chi connectivity index (χ1) is 10.5. The molecule has 0 aliphatic carbocycles. The summed E-state index contributed by atoms with van der Waals surface area (Å²) in [5, 5.41) is 11.5. The van der Waals surface area contributed by atoms with E-state index in [1.54, 1.807) is 12.1 Å². The van der Waals surface area contributed by atoms with E-state index >= 15 is 0 Å². The van der Waals surface area contributed by atoms with Crippen molar-refractivity contribution in [2.24, 2.45) is 5.84 Å². The molecule has 2 rings (SSSR count). The van der Waals surface area contributed by atoms with E-state index in [0.717, 1.165) is 6.33 Å². The van der Waals surface area contributed by atoms with Crippen molar-refractivity contribution in [3.8, 4) is 0 Å². The zero-order chi connectivity index (χ0) is 16.1. The quantitative estimate of drug-likeness (QED) is 0.363. The first-order valence-electron chi connectivity index (χ1n) is 5.81. The molecule has 0 aliphatic rings. The maximum Gasteiger partial charge on any atom is 0.356 e. The molecule has 0 bridgehead atoms. The molecule has 1 heterocycles. The Morgan fingerprint density at radius 2 is 1.86 bits per heavy atom. The number of benzene rings is 1. The number of carbonyl (C=O) groups excluding carboxylic acids is 1. The summed E-state index contributed by atoms with van der Waals surface area (Å²) in [5.41, 5.74) is 6.54. The Labute approximate surface area is 128 Å². The lowest BCUT2D eigenvalue weighted by molar-refractivity contribution is -0.383. The summed E-state index contributed by atoms with van der Waals surface area (Å²) < 4.78 is 0. The van der Waals surface area contributed by atoms with Crippen LogP contribution in [0.2, 0.25) is 5.02 Å². The average Bonchev–Trinajstić information content (AvgIpc) is 2.52. The molecule has 0 saturated carbocycles. The van der Waals surface area contributed by atoms with Gasteiger partial charge in [-0.2, -0.15) is 0 Å². The van der Waals surface area contributed by atoms with Crippen LogP contribution >= 0.6 is 11.6 Å². The van der Waals surface area contributed by atoms with Crippen molar-refractivity contribution >= 4 is 34.8 Å². The molecule has 11 heteroatoms. The molecular formula is C11H10ClN7O3. The number of anilines is 2. The normalized spacial score (nSPS) is 9.91. The third-order valence-electron chi connectivity index (χ3n) is 2.54. The van der Waals surface area contributed by atoms with Gasteiger partial charge in [-0.1, -0.05) is 11.6 Å². The molecule has 10 nitrogen and oxygen atoms in total. The van der Waals surface area contributed by atoms with Crippen LogP contribution in [0.3, 0.4) is 0 Å². The number of nitrogens with zero attached hydrogens (tertiary/aromatic N) is 3. The number of aromatic nitrogens is 2. The van der Waals surface area contributed by atoms with Gasteiger partial charge >= 0.3 is 5.69 Å². The van der Waals surface area contributed by atoms with E-state index in [4.69, 9.17) is 17.4 Å². The van der Waals surface area contributed by atoms with Gasteiger partial charge in [0.2, 0.25) is 11.6 Å². The molecule has 0 unspecified atom stereocenters. The van der Waals surface area contributed by atoms with Gasteiger partial charge in [-0.25, -0.2) is 15.8 Å². The number of nitrogen functional groups attached to an aromatic ring is 1. The summed E-state index contributed by atoms with van der Waals surface area (Å²) in [7, 11) is 0. The molecule has 0 atom stereocenters. The third-order valence-corrected chi connectivity index (χ3v) is 2.79.